The number of aryl methyl sites for hydroxylation is 1. The molecule has 0 saturated carbocycles. The molecule has 0 heterocycles. The molecule has 1 aromatic rings. The van der Waals surface area contributed by atoms with Crippen LogP contribution in [0.3, 0.4) is 0 Å². The summed E-state index contributed by atoms with van der Waals surface area (Å²) in [6, 6.07) is 6.32. The Morgan fingerprint density at radius 3 is 2.53 bits per heavy atom. The van der Waals surface area contributed by atoms with Crippen molar-refractivity contribution >= 4 is 16.0 Å². The molecule has 0 amide bonds. The van der Waals surface area contributed by atoms with Crippen molar-refractivity contribution in [1.82, 2.24) is 4.72 Å². The summed E-state index contributed by atoms with van der Waals surface area (Å²) < 4.78 is 25.0. The second-order valence-electron chi connectivity index (χ2n) is 2.87. The van der Waals surface area contributed by atoms with E-state index in [1.54, 1.807) is 25.1 Å². The van der Waals surface area contributed by atoms with Crippen LogP contribution in [0.25, 0.3) is 0 Å². The van der Waals surface area contributed by atoms with Crippen LogP contribution in [0.2, 0.25) is 0 Å². The number of rotatable bonds is 4. The van der Waals surface area contributed by atoms with Crippen molar-refractivity contribution in [1.29, 1.82) is 0 Å². The van der Waals surface area contributed by atoms with Gasteiger partial charge in [-0.25, -0.2) is 8.42 Å². The molecule has 0 unspecified atom stereocenters. The number of benzene rings is 1. The van der Waals surface area contributed by atoms with E-state index >= 15 is 0 Å². The van der Waals surface area contributed by atoms with E-state index < -0.39 is 16.0 Å². The summed E-state index contributed by atoms with van der Waals surface area (Å²) in [6.45, 7) is 2.12. The van der Waals surface area contributed by atoms with Gasteiger partial charge in [-0.05, 0) is 18.6 Å². The zero-order chi connectivity index (χ0) is 11.5. The average molecular weight is 228 g/mol. The van der Waals surface area contributed by atoms with E-state index in [-0.39, 0.29) is 4.90 Å². The second kappa shape index (κ2) is 4.41. The molecule has 0 saturated heterocycles. The molecule has 0 aromatic heterocycles. The Morgan fingerprint density at radius 1 is 1.40 bits per heavy atom. The number of nitrogens with one attached hydrogen (secondary N) is 1. The number of hydrogen-bond donors (Lipinski definition) is 2. The molecule has 5 nitrogen and oxygen atoms in total. The molecule has 0 atom stereocenters. The van der Waals surface area contributed by atoms with Crippen molar-refractivity contribution in [3.05, 3.63) is 36.4 Å². The van der Waals surface area contributed by atoms with Crippen LogP contribution in [0.1, 0.15) is 5.56 Å². The molecule has 1 aromatic carbocycles. The summed E-state index contributed by atoms with van der Waals surface area (Å²) in [5, 5.41) is 8.31. The highest BCUT2D eigenvalue weighted by molar-refractivity contribution is 7.89. The lowest BCUT2D eigenvalue weighted by molar-refractivity contribution is -0.133. The molecule has 0 spiro atoms. The maximum Gasteiger partial charge on any atom is 0.324 e. The lowest BCUT2D eigenvalue weighted by Gasteiger charge is -2.06. The van der Waals surface area contributed by atoms with Crippen molar-refractivity contribution in [2.24, 2.45) is 0 Å². The molecule has 6 heteroatoms. The number of carbonyl (C=O) groups is 1. The zero-order valence-corrected chi connectivity index (χ0v) is 8.78. The van der Waals surface area contributed by atoms with E-state index in [4.69, 9.17) is 5.11 Å². The smallest absolute Gasteiger partial charge is 0.324 e. The highest BCUT2D eigenvalue weighted by Crippen LogP contribution is 2.13. The van der Waals surface area contributed by atoms with E-state index in [0.717, 1.165) is 0 Å². The normalized spacial score (nSPS) is 11.3. The van der Waals surface area contributed by atoms with Gasteiger partial charge in [0.05, 0.1) is 4.90 Å². The Labute approximate surface area is 87.8 Å². The maximum absolute atomic E-state index is 11.6. The third-order valence-corrected chi connectivity index (χ3v) is 3.19. The predicted octanol–water partition coefficient (Wildman–Crippen LogP) is 0.520. The molecular weight excluding hydrogens is 218 g/mol. The Balaban J connectivity index is 2.97. The van der Waals surface area contributed by atoms with Gasteiger partial charge in [-0.3, -0.25) is 4.79 Å². The van der Waals surface area contributed by atoms with E-state index in [9.17, 15) is 13.2 Å². The van der Waals surface area contributed by atoms with Crippen LogP contribution in [0, 0.1) is 13.5 Å². The number of carboxylic acids is 1. The fourth-order valence-corrected chi connectivity index (χ4v) is 2.18. The first-order valence-corrected chi connectivity index (χ1v) is 5.56. The van der Waals surface area contributed by atoms with Crippen LogP contribution in [0.5, 0.6) is 0 Å². The van der Waals surface area contributed by atoms with Gasteiger partial charge in [0.15, 0.2) is 0 Å². The van der Waals surface area contributed by atoms with Crippen molar-refractivity contribution < 1.29 is 18.3 Å². The number of aliphatic carboxylic acids is 1. The standard InChI is InChI=1S/C9H10NO4S/c1-7-4-2-3-5-8(7)15(13,14)10-6-9(11)12/h2-6,10H,1H3,(H,11,12). The first kappa shape index (κ1) is 11.7. The van der Waals surface area contributed by atoms with Gasteiger partial charge >= 0.3 is 5.97 Å². The fraction of sp³-hybridized carbons (Fsp3) is 0.111. The topological polar surface area (TPSA) is 83.5 Å². The monoisotopic (exact) mass is 228 g/mol. The van der Waals surface area contributed by atoms with Gasteiger partial charge < -0.3 is 5.11 Å². The Bertz CT molecular complexity index is 467. The van der Waals surface area contributed by atoms with Crippen molar-refractivity contribution in [3.8, 4) is 0 Å². The highest BCUT2D eigenvalue weighted by atomic mass is 32.2. The van der Waals surface area contributed by atoms with Crippen LogP contribution in [-0.4, -0.2) is 19.5 Å². The third kappa shape index (κ3) is 3.03. The summed E-state index contributed by atoms with van der Waals surface area (Å²) in [5.74, 6) is -1.34. The fourth-order valence-electron chi connectivity index (χ4n) is 1.05. The Kier molecular flexibility index (Phi) is 3.43. The largest absolute Gasteiger partial charge is 0.480 e. The Hall–Kier alpha value is -1.40. The SMILES string of the molecule is Cc1ccccc1S(=O)(=O)N[CH]C(=O)O. The lowest BCUT2D eigenvalue weighted by atomic mass is 10.2. The van der Waals surface area contributed by atoms with E-state index in [2.05, 4.69) is 0 Å². The molecule has 15 heavy (non-hydrogen) atoms. The molecule has 0 bridgehead atoms. The van der Waals surface area contributed by atoms with Gasteiger partial charge in [-0.15, -0.1) is 0 Å². The predicted molar refractivity (Wildman–Crippen MR) is 53.4 cm³/mol. The molecule has 1 radical (unpaired) electrons. The molecule has 81 valence electrons. The van der Waals surface area contributed by atoms with Crippen LogP contribution in [-0.2, 0) is 14.8 Å². The minimum Gasteiger partial charge on any atom is -0.480 e. The van der Waals surface area contributed by atoms with Crippen LogP contribution in [0.15, 0.2) is 29.2 Å². The van der Waals surface area contributed by atoms with Gasteiger partial charge in [0.2, 0.25) is 10.0 Å². The molecule has 1 rings (SSSR count). The van der Waals surface area contributed by atoms with E-state index in [0.29, 0.717) is 12.1 Å². The second-order valence-corrected chi connectivity index (χ2v) is 4.55. The average Bonchev–Trinajstić information content (AvgIpc) is 2.15. The highest BCUT2D eigenvalue weighted by Gasteiger charge is 2.16. The summed E-state index contributed by atoms with van der Waals surface area (Å²) in [5.41, 5.74) is 0.559. The van der Waals surface area contributed by atoms with Crippen molar-refractivity contribution in [2.75, 3.05) is 0 Å². The maximum atomic E-state index is 11.6. The van der Waals surface area contributed by atoms with E-state index in [1.807, 2.05) is 4.72 Å². The number of sulfonamides is 1. The van der Waals surface area contributed by atoms with Crippen LogP contribution >= 0.6 is 0 Å². The first-order valence-electron chi connectivity index (χ1n) is 4.07. The molecule has 0 aliphatic heterocycles. The van der Waals surface area contributed by atoms with Crippen molar-refractivity contribution in [2.45, 2.75) is 11.8 Å². The molecule has 0 aliphatic rings. The quantitative estimate of drug-likeness (QED) is 0.787. The van der Waals surface area contributed by atoms with Gasteiger partial charge in [0.1, 0.15) is 6.54 Å². The van der Waals surface area contributed by atoms with Crippen molar-refractivity contribution in [3.63, 3.8) is 0 Å². The van der Waals surface area contributed by atoms with Gasteiger partial charge in [0.25, 0.3) is 0 Å². The molecule has 0 fully saturated rings. The van der Waals surface area contributed by atoms with Gasteiger partial charge in [0, 0.05) is 0 Å². The zero-order valence-electron chi connectivity index (χ0n) is 7.97. The first-order chi connectivity index (χ1) is 6.93. The number of carboxylic acid groups (broad SMARTS) is 1. The number of hydrogen-bond acceptors (Lipinski definition) is 3. The molecule has 0 aliphatic carbocycles. The lowest BCUT2D eigenvalue weighted by Crippen LogP contribution is -2.25. The summed E-state index contributed by atoms with van der Waals surface area (Å²) in [6.07, 6.45) is 0. The molecule has 2 N–H and O–H groups in total. The van der Waals surface area contributed by atoms with Crippen LogP contribution in [0.4, 0.5) is 0 Å². The van der Waals surface area contributed by atoms with Gasteiger partial charge in [-0.1, -0.05) is 18.2 Å². The third-order valence-electron chi connectivity index (χ3n) is 1.72. The van der Waals surface area contributed by atoms with Gasteiger partial charge in [-0.2, -0.15) is 4.72 Å². The summed E-state index contributed by atoms with van der Waals surface area (Å²) in [7, 11) is -3.77. The minimum absolute atomic E-state index is 0.0718. The Morgan fingerprint density at radius 2 is 2.00 bits per heavy atom. The van der Waals surface area contributed by atoms with E-state index in [1.165, 1.54) is 6.07 Å². The van der Waals surface area contributed by atoms with Crippen LogP contribution < -0.4 is 4.72 Å². The molecular formula is C9H10NO4S. The minimum atomic E-state index is -3.77. The summed E-state index contributed by atoms with van der Waals surface area (Å²) >= 11 is 0. The summed E-state index contributed by atoms with van der Waals surface area (Å²) in [4.78, 5) is 10.3.